The highest BCUT2D eigenvalue weighted by atomic mass is 16.6. The first-order valence-corrected chi connectivity index (χ1v) is 4.63. The van der Waals surface area contributed by atoms with Gasteiger partial charge in [0.15, 0.2) is 0 Å². The zero-order valence-corrected chi connectivity index (χ0v) is 8.10. The van der Waals surface area contributed by atoms with Crippen LogP contribution in [0.1, 0.15) is 5.56 Å². The van der Waals surface area contributed by atoms with Crippen LogP contribution in [0.2, 0.25) is 0 Å². The quantitative estimate of drug-likeness (QED) is 0.673. The molecule has 3 heteroatoms. The van der Waals surface area contributed by atoms with Crippen molar-refractivity contribution in [3.8, 4) is 6.07 Å². The molecule has 0 N–H and O–H groups in total. The molecule has 1 aromatic rings. The third-order valence-electron chi connectivity index (χ3n) is 2.32. The monoisotopic (exact) mass is 188 g/mol. The van der Waals surface area contributed by atoms with Gasteiger partial charge in [-0.25, -0.2) is 0 Å². The predicted octanol–water partition coefficient (Wildman–Crippen LogP) is 1.39. The fraction of sp³-hybridized carbons (Fsp3) is 0.364. The topological polar surface area (TPSA) is 39.6 Å². The third-order valence-corrected chi connectivity index (χ3v) is 2.32. The van der Waals surface area contributed by atoms with Crippen LogP contribution in [0.5, 0.6) is 0 Å². The number of nitrogens with zero attached hydrogens (tertiary/aromatic N) is 2. The van der Waals surface area contributed by atoms with Crippen LogP contribution < -0.4 is 4.90 Å². The van der Waals surface area contributed by atoms with Crippen LogP contribution in [0, 0.1) is 11.3 Å². The van der Waals surface area contributed by atoms with Gasteiger partial charge >= 0.3 is 0 Å². The molecule has 1 fully saturated rings. The number of likely N-dealkylation sites (N-methyl/N-ethyl adjacent to an activating group) is 1. The zero-order chi connectivity index (χ0) is 9.97. The molecule has 1 aromatic carbocycles. The standard InChI is InChI=1S/C11H12N2O/c1-13(7-10-8-14-10)11-5-3-2-4-9(11)6-12/h2-5,10H,7-8H2,1H3/t10-/m1/s1. The second-order valence-corrected chi connectivity index (χ2v) is 3.46. The van der Waals surface area contributed by atoms with Crippen molar-refractivity contribution < 1.29 is 4.74 Å². The molecule has 0 saturated carbocycles. The van der Waals surface area contributed by atoms with E-state index in [1.54, 1.807) is 0 Å². The maximum absolute atomic E-state index is 8.91. The molecular formula is C11H12N2O. The van der Waals surface area contributed by atoms with Gasteiger partial charge in [0.05, 0.1) is 24.0 Å². The molecule has 0 aliphatic carbocycles. The molecule has 1 atom stereocenters. The Bertz CT molecular complexity index is 366. The van der Waals surface area contributed by atoms with E-state index in [-0.39, 0.29) is 0 Å². The van der Waals surface area contributed by atoms with Crippen LogP contribution in [-0.2, 0) is 4.74 Å². The van der Waals surface area contributed by atoms with Crippen molar-refractivity contribution in [2.45, 2.75) is 6.10 Å². The van der Waals surface area contributed by atoms with Gasteiger partial charge in [-0.1, -0.05) is 12.1 Å². The van der Waals surface area contributed by atoms with Crippen LogP contribution >= 0.6 is 0 Å². The van der Waals surface area contributed by atoms with Crippen LogP contribution in [0.4, 0.5) is 5.69 Å². The molecule has 1 saturated heterocycles. The van der Waals surface area contributed by atoms with Gasteiger partial charge in [0.25, 0.3) is 0 Å². The Kier molecular flexibility index (Phi) is 2.38. The van der Waals surface area contributed by atoms with Crippen molar-refractivity contribution in [2.24, 2.45) is 0 Å². The Morgan fingerprint density at radius 2 is 2.29 bits per heavy atom. The number of nitriles is 1. The van der Waals surface area contributed by atoms with E-state index in [4.69, 9.17) is 10.00 Å². The SMILES string of the molecule is CN(C[C@@H]1CO1)c1ccccc1C#N. The highest BCUT2D eigenvalue weighted by molar-refractivity contribution is 5.58. The molecule has 3 nitrogen and oxygen atoms in total. The molecule has 72 valence electrons. The molecular weight excluding hydrogens is 176 g/mol. The second-order valence-electron chi connectivity index (χ2n) is 3.46. The lowest BCUT2D eigenvalue weighted by atomic mass is 10.2. The Morgan fingerprint density at radius 1 is 1.57 bits per heavy atom. The van der Waals surface area contributed by atoms with E-state index in [0.29, 0.717) is 6.10 Å². The predicted molar refractivity (Wildman–Crippen MR) is 54.2 cm³/mol. The van der Waals surface area contributed by atoms with Crippen molar-refractivity contribution in [1.29, 1.82) is 5.26 Å². The fourth-order valence-corrected chi connectivity index (χ4v) is 1.48. The van der Waals surface area contributed by atoms with Gasteiger partial charge in [0.2, 0.25) is 0 Å². The number of rotatable bonds is 3. The van der Waals surface area contributed by atoms with Crippen molar-refractivity contribution >= 4 is 5.69 Å². The Morgan fingerprint density at radius 3 is 2.93 bits per heavy atom. The molecule has 0 spiro atoms. The average Bonchev–Trinajstić information content (AvgIpc) is 3.01. The number of epoxide rings is 1. The van der Waals surface area contributed by atoms with Gasteiger partial charge in [-0.2, -0.15) is 5.26 Å². The molecule has 0 radical (unpaired) electrons. The summed E-state index contributed by atoms with van der Waals surface area (Å²) >= 11 is 0. The Balaban J connectivity index is 2.16. The number of hydrogen-bond donors (Lipinski definition) is 0. The highest BCUT2D eigenvalue weighted by Gasteiger charge is 2.24. The fourth-order valence-electron chi connectivity index (χ4n) is 1.48. The minimum Gasteiger partial charge on any atom is -0.371 e. The van der Waals surface area contributed by atoms with E-state index < -0.39 is 0 Å². The van der Waals surface area contributed by atoms with Crippen LogP contribution in [0.3, 0.4) is 0 Å². The molecule has 0 bridgehead atoms. The van der Waals surface area contributed by atoms with Gasteiger partial charge in [-0.15, -0.1) is 0 Å². The second kappa shape index (κ2) is 3.69. The highest BCUT2D eigenvalue weighted by Crippen LogP contribution is 2.20. The van der Waals surface area contributed by atoms with Crippen molar-refractivity contribution in [2.75, 3.05) is 25.1 Å². The summed E-state index contributed by atoms with van der Waals surface area (Å²) in [5, 5.41) is 8.91. The average molecular weight is 188 g/mol. The third kappa shape index (κ3) is 1.86. The lowest BCUT2D eigenvalue weighted by molar-refractivity contribution is 0.410. The Labute approximate surface area is 83.5 Å². The number of ether oxygens (including phenoxy) is 1. The molecule has 0 aromatic heterocycles. The maximum atomic E-state index is 8.91. The molecule has 2 rings (SSSR count). The van der Waals surface area contributed by atoms with Crippen molar-refractivity contribution in [1.82, 2.24) is 0 Å². The molecule has 1 aliphatic rings. The smallest absolute Gasteiger partial charge is 0.101 e. The van der Waals surface area contributed by atoms with E-state index in [2.05, 4.69) is 11.0 Å². The summed E-state index contributed by atoms with van der Waals surface area (Å²) in [5.74, 6) is 0. The summed E-state index contributed by atoms with van der Waals surface area (Å²) < 4.78 is 5.15. The normalized spacial score (nSPS) is 18.7. The lowest BCUT2D eigenvalue weighted by Crippen LogP contribution is -2.23. The zero-order valence-electron chi connectivity index (χ0n) is 8.10. The lowest BCUT2D eigenvalue weighted by Gasteiger charge is -2.18. The van der Waals surface area contributed by atoms with Crippen LogP contribution in [-0.4, -0.2) is 26.3 Å². The first-order valence-electron chi connectivity index (χ1n) is 4.63. The maximum Gasteiger partial charge on any atom is 0.101 e. The number of para-hydroxylation sites is 1. The van der Waals surface area contributed by atoms with Gasteiger partial charge < -0.3 is 9.64 Å². The van der Waals surface area contributed by atoms with E-state index in [0.717, 1.165) is 24.4 Å². The number of anilines is 1. The van der Waals surface area contributed by atoms with Gasteiger partial charge in [0, 0.05) is 13.6 Å². The minimum atomic E-state index is 0.353. The molecule has 0 unspecified atom stereocenters. The van der Waals surface area contributed by atoms with Gasteiger partial charge in [-0.05, 0) is 12.1 Å². The van der Waals surface area contributed by atoms with E-state index in [1.165, 1.54) is 0 Å². The van der Waals surface area contributed by atoms with E-state index >= 15 is 0 Å². The molecule has 14 heavy (non-hydrogen) atoms. The number of benzene rings is 1. The summed E-state index contributed by atoms with van der Waals surface area (Å²) in [6.45, 7) is 1.71. The Hall–Kier alpha value is -1.53. The largest absolute Gasteiger partial charge is 0.371 e. The molecule has 1 aliphatic heterocycles. The van der Waals surface area contributed by atoms with E-state index in [9.17, 15) is 0 Å². The van der Waals surface area contributed by atoms with Gasteiger partial charge in [0.1, 0.15) is 6.07 Å². The summed E-state index contributed by atoms with van der Waals surface area (Å²) in [7, 11) is 1.98. The van der Waals surface area contributed by atoms with Crippen LogP contribution in [0.15, 0.2) is 24.3 Å². The summed E-state index contributed by atoms with van der Waals surface area (Å²) in [6, 6.07) is 9.80. The summed E-state index contributed by atoms with van der Waals surface area (Å²) in [6.07, 6.45) is 0.353. The van der Waals surface area contributed by atoms with E-state index in [1.807, 2.05) is 31.3 Å². The summed E-state index contributed by atoms with van der Waals surface area (Å²) in [5.41, 5.74) is 1.70. The molecule has 1 heterocycles. The number of hydrogen-bond acceptors (Lipinski definition) is 3. The van der Waals surface area contributed by atoms with Crippen molar-refractivity contribution in [3.63, 3.8) is 0 Å². The van der Waals surface area contributed by atoms with Crippen LogP contribution in [0.25, 0.3) is 0 Å². The molecule has 0 amide bonds. The minimum absolute atomic E-state index is 0.353. The van der Waals surface area contributed by atoms with Gasteiger partial charge in [-0.3, -0.25) is 0 Å². The first kappa shape index (κ1) is 9.04. The summed E-state index contributed by atoms with van der Waals surface area (Å²) in [4.78, 5) is 2.07. The van der Waals surface area contributed by atoms with Crippen molar-refractivity contribution in [3.05, 3.63) is 29.8 Å². The first-order chi connectivity index (χ1) is 6.81.